The average Bonchev–Trinajstić information content (AvgIpc) is 2.15. The highest BCUT2D eigenvalue weighted by molar-refractivity contribution is 5.68. The third-order valence-electron chi connectivity index (χ3n) is 2.20. The fraction of sp³-hybridized carbons (Fsp3) is 0.300. The quantitative estimate of drug-likeness (QED) is 0.652. The minimum absolute atomic E-state index is 0.113. The summed E-state index contributed by atoms with van der Waals surface area (Å²) in [7, 11) is 0. The number of carbonyl (C=O) groups is 1. The number of halogens is 2. The molecule has 92 valence electrons. The molecule has 1 aromatic rings. The van der Waals surface area contributed by atoms with Crippen LogP contribution >= 0.6 is 0 Å². The van der Waals surface area contributed by atoms with Crippen LogP contribution in [0, 0.1) is 17.0 Å². The van der Waals surface area contributed by atoms with Gasteiger partial charge < -0.3 is 5.11 Å². The summed E-state index contributed by atoms with van der Waals surface area (Å²) in [6.45, 7) is 1.34. The maximum Gasteiger partial charge on any atom is 0.309 e. The zero-order valence-electron chi connectivity index (χ0n) is 8.81. The van der Waals surface area contributed by atoms with Gasteiger partial charge in [0.2, 0.25) is 0 Å². The second-order valence-corrected chi connectivity index (χ2v) is 3.53. The zero-order chi connectivity index (χ0) is 13.2. The van der Waals surface area contributed by atoms with Gasteiger partial charge in [-0.05, 0) is 12.5 Å². The Morgan fingerprint density at radius 3 is 2.59 bits per heavy atom. The van der Waals surface area contributed by atoms with Crippen LogP contribution in [-0.4, -0.2) is 16.0 Å². The van der Waals surface area contributed by atoms with E-state index in [-0.39, 0.29) is 5.56 Å². The number of hydrogen-bond donors (Lipinski definition) is 1. The summed E-state index contributed by atoms with van der Waals surface area (Å²) < 4.78 is 27.0. The van der Waals surface area contributed by atoms with Crippen molar-refractivity contribution in [2.45, 2.75) is 19.3 Å². The maximum absolute atomic E-state index is 13.5. The molecule has 0 unspecified atom stereocenters. The predicted molar refractivity (Wildman–Crippen MR) is 54.0 cm³/mol. The first-order valence-electron chi connectivity index (χ1n) is 4.59. The van der Waals surface area contributed by atoms with Gasteiger partial charge in [-0.15, -0.1) is 0 Å². The molecule has 5 nitrogen and oxygen atoms in total. The van der Waals surface area contributed by atoms with E-state index in [0.29, 0.717) is 6.07 Å². The van der Waals surface area contributed by atoms with Gasteiger partial charge in [-0.3, -0.25) is 14.9 Å². The number of benzene rings is 1. The molecule has 0 aromatic heterocycles. The van der Waals surface area contributed by atoms with Gasteiger partial charge in [0, 0.05) is 17.7 Å². The first kappa shape index (κ1) is 13.0. The number of rotatable bonds is 4. The predicted octanol–water partition coefficient (Wildman–Crippen LogP) is 2.47. The molecule has 0 aliphatic heterocycles. The molecule has 0 bridgehead atoms. The highest BCUT2D eigenvalue weighted by Gasteiger charge is 2.37. The summed E-state index contributed by atoms with van der Waals surface area (Å²) >= 11 is 0. The molecule has 0 amide bonds. The van der Waals surface area contributed by atoms with Crippen LogP contribution in [-0.2, 0) is 10.7 Å². The van der Waals surface area contributed by atoms with Crippen LogP contribution in [0.1, 0.15) is 17.5 Å². The van der Waals surface area contributed by atoms with Gasteiger partial charge in [-0.1, -0.05) is 6.07 Å². The fourth-order valence-corrected chi connectivity index (χ4v) is 1.40. The summed E-state index contributed by atoms with van der Waals surface area (Å²) in [5, 5.41) is 18.8. The largest absolute Gasteiger partial charge is 0.481 e. The van der Waals surface area contributed by atoms with E-state index in [1.807, 2.05) is 0 Å². The molecule has 0 saturated carbocycles. The van der Waals surface area contributed by atoms with Crippen LogP contribution in [0.4, 0.5) is 14.5 Å². The van der Waals surface area contributed by atoms with Gasteiger partial charge in [0.25, 0.3) is 11.6 Å². The normalized spacial score (nSPS) is 11.2. The molecule has 0 heterocycles. The summed E-state index contributed by atoms with van der Waals surface area (Å²) in [4.78, 5) is 20.0. The maximum atomic E-state index is 13.5. The molecular formula is C10H9F2NO4. The van der Waals surface area contributed by atoms with Crippen LogP contribution < -0.4 is 0 Å². The van der Waals surface area contributed by atoms with Crippen LogP contribution in [0.2, 0.25) is 0 Å². The van der Waals surface area contributed by atoms with E-state index in [4.69, 9.17) is 5.11 Å². The Kier molecular flexibility index (Phi) is 3.40. The number of alkyl halides is 2. The Labute approximate surface area is 94.8 Å². The lowest BCUT2D eigenvalue weighted by Crippen LogP contribution is -2.19. The van der Waals surface area contributed by atoms with Crippen LogP contribution in [0.3, 0.4) is 0 Å². The van der Waals surface area contributed by atoms with Gasteiger partial charge in [-0.25, -0.2) is 8.78 Å². The summed E-state index contributed by atoms with van der Waals surface area (Å²) in [6.07, 6.45) is -1.39. The molecule has 0 radical (unpaired) electrons. The second-order valence-electron chi connectivity index (χ2n) is 3.53. The molecule has 0 aliphatic rings. The number of hydrogen-bond acceptors (Lipinski definition) is 3. The van der Waals surface area contributed by atoms with Gasteiger partial charge in [-0.2, -0.15) is 0 Å². The Hall–Kier alpha value is -2.05. The zero-order valence-corrected chi connectivity index (χ0v) is 8.81. The minimum atomic E-state index is -3.62. The summed E-state index contributed by atoms with van der Waals surface area (Å²) in [6, 6.07) is 2.97. The van der Waals surface area contributed by atoms with Crippen molar-refractivity contribution in [1.29, 1.82) is 0 Å². The monoisotopic (exact) mass is 245 g/mol. The topological polar surface area (TPSA) is 80.4 Å². The number of aliphatic carboxylic acids is 1. The van der Waals surface area contributed by atoms with E-state index in [2.05, 4.69) is 0 Å². The third kappa shape index (κ3) is 2.96. The molecule has 0 fully saturated rings. The molecule has 7 heteroatoms. The van der Waals surface area contributed by atoms with E-state index >= 15 is 0 Å². The van der Waals surface area contributed by atoms with Crippen molar-refractivity contribution in [1.82, 2.24) is 0 Å². The molecule has 17 heavy (non-hydrogen) atoms. The van der Waals surface area contributed by atoms with Crippen molar-refractivity contribution < 1.29 is 23.6 Å². The van der Waals surface area contributed by atoms with Crippen molar-refractivity contribution in [3.05, 3.63) is 39.4 Å². The molecule has 1 N–H and O–H groups in total. The van der Waals surface area contributed by atoms with E-state index < -0.39 is 34.5 Å². The Morgan fingerprint density at radius 2 is 2.12 bits per heavy atom. The van der Waals surface area contributed by atoms with E-state index in [1.165, 1.54) is 13.0 Å². The smallest absolute Gasteiger partial charge is 0.309 e. The number of carboxylic acids is 1. The van der Waals surface area contributed by atoms with Crippen molar-refractivity contribution in [3.63, 3.8) is 0 Å². The highest BCUT2D eigenvalue weighted by atomic mass is 19.3. The number of nitrogens with zero attached hydrogens (tertiary/aromatic N) is 1. The number of carboxylic acid groups (broad SMARTS) is 1. The Balaban J connectivity index is 3.24. The molecule has 1 aromatic carbocycles. The molecule has 0 saturated heterocycles. The first-order valence-corrected chi connectivity index (χ1v) is 4.59. The van der Waals surface area contributed by atoms with E-state index in [1.54, 1.807) is 0 Å². The SMILES string of the molecule is Cc1ccc([N+](=O)[O-])cc1C(F)(F)CC(=O)O. The van der Waals surface area contributed by atoms with Crippen LogP contribution in [0.15, 0.2) is 18.2 Å². The van der Waals surface area contributed by atoms with Crippen molar-refractivity contribution >= 4 is 11.7 Å². The molecule has 0 atom stereocenters. The number of nitro groups is 1. The summed E-state index contributed by atoms with van der Waals surface area (Å²) in [5.74, 6) is -5.29. The first-order chi connectivity index (χ1) is 7.74. The fourth-order valence-electron chi connectivity index (χ4n) is 1.40. The van der Waals surface area contributed by atoms with Crippen LogP contribution in [0.5, 0.6) is 0 Å². The lowest BCUT2D eigenvalue weighted by molar-refractivity contribution is -0.385. The third-order valence-corrected chi connectivity index (χ3v) is 2.20. The Bertz CT molecular complexity index is 473. The Morgan fingerprint density at radius 1 is 1.53 bits per heavy atom. The van der Waals surface area contributed by atoms with Gasteiger partial charge in [0.05, 0.1) is 4.92 Å². The number of nitro benzene ring substituents is 1. The average molecular weight is 245 g/mol. The van der Waals surface area contributed by atoms with Crippen LogP contribution in [0.25, 0.3) is 0 Å². The lowest BCUT2D eigenvalue weighted by atomic mass is 9.99. The standard InChI is InChI=1S/C10H9F2NO4/c1-6-2-3-7(13(16)17)4-8(6)10(11,12)5-9(14)15/h2-4H,5H2,1H3,(H,14,15). The number of non-ortho nitro benzene ring substituents is 1. The second kappa shape index (κ2) is 4.44. The lowest BCUT2D eigenvalue weighted by Gasteiger charge is -2.16. The van der Waals surface area contributed by atoms with Gasteiger partial charge in [0.15, 0.2) is 0 Å². The number of aryl methyl sites for hydroxylation is 1. The van der Waals surface area contributed by atoms with Crippen molar-refractivity contribution in [2.24, 2.45) is 0 Å². The highest BCUT2D eigenvalue weighted by Crippen LogP contribution is 2.35. The van der Waals surface area contributed by atoms with Gasteiger partial charge in [0.1, 0.15) is 6.42 Å². The minimum Gasteiger partial charge on any atom is -0.481 e. The van der Waals surface area contributed by atoms with E-state index in [0.717, 1.165) is 6.07 Å². The van der Waals surface area contributed by atoms with Crippen molar-refractivity contribution in [3.8, 4) is 0 Å². The molecule has 0 aliphatic carbocycles. The van der Waals surface area contributed by atoms with Gasteiger partial charge >= 0.3 is 5.97 Å². The summed E-state index contributed by atoms with van der Waals surface area (Å²) in [5.41, 5.74) is -1.01. The molecule has 0 spiro atoms. The molecular weight excluding hydrogens is 236 g/mol. The van der Waals surface area contributed by atoms with E-state index in [9.17, 15) is 23.7 Å². The molecule has 1 rings (SSSR count). The van der Waals surface area contributed by atoms with Crippen molar-refractivity contribution in [2.75, 3.05) is 0 Å².